The fourth-order valence-electron chi connectivity index (χ4n) is 2.69. The number of aliphatic hydroxyl groups is 2. The lowest BCUT2D eigenvalue weighted by Crippen LogP contribution is -2.51. The summed E-state index contributed by atoms with van der Waals surface area (Å²) in [5.74, 6) is 0. The summed E-state index contributed by atoms with van der Waals surface area (Å²) < 4.78 is 5.61. The van der Waals surface area contributed by atoms with Crippen LogP contribution in [0.25, 0.3) is 0 Å². The number of rotatable bonds is 4. The van der Waals surface area contributed by atoms with Crippen molar-refractivity contribution in [2.24, 2.45) is 0 Å². The van der Waals surface area contributed by atoms with E-state index in [-0.39, 0.29) is 18.8 Å². The van der Waals surface area contributed by atoms with E-state index in [1.54, 1.807) is 0 Å². The van der Waals surface area contributed by atoms with Crippen molar-refractivity contribution in [3.63, 3.8) is 0 Å². The van der Waals surface area contributed by atoms with E-state index in [0.717, 1.165) is 12.1 Å². The Morgan fingerprint density at radius 1 is 1.32 bits per heavy atom. The molecule has 0 aliphatic carbocycles. The van der Waals surface area contributed by atoms with Crippen LogP contribution in [0.1, 0.15) is 19.4 Å². The van der Waals surface area contributed by atoms with Gasteiger partial charge in [0.1, 0.15) is 0 Å². The van der Waals surface area contributed by atoms with Gasteiger partial charge in [-0.15, -0.1) is 0 Å². The number of ether oxygens (including phenoxy) is 1. The van der Waals surface area contributed by atoms with E-state index in [9.17, 15) is 10.2 Å². The lowest BCUT2D eigenvalue weighted by atomic mass is 9.95. The van der Waals surface area contributed by atoms with E-state index >= 15 is 0 Å². The third-order valence-corrected chi connectivity index (χ3v) is 3.53. The molecule has 2 rings (SSSR count). The fraction of sp³-hybridized carbons (Fsp3) is 0.600. The molecule has 0 saturated carbocycles. The second-order valence-electron chi connectivity index (χ2n) is 5.59. The average molecular weight is 265 g/mol. The first-order chi connectivity index (χ1) is 9.01. The molecule has 4 heteroatoms. The molecule has 3 atom stereocenters. The predicted octanol–water partition coefficient (Wildman–Crippen LogP) is 0.976. The monoisotopic (exact) mass is 265 g/mol. The summed E-state index contributed by atoms with van der Waals surface area (Å²) in [7, 11) is 0. The van der Waals surface area contributed by atoms with Crippen molar-refractivity contribution in [3.8, 4) is 0 Å². The maximum Gasteiger partial charge on any atom is 0.0994 e. The molecule has 0 radical (unpaired) electrons. The first-order valence-corrected chi connectivity index (χ1v) is 6.78. The van der Waals surface area contributed by atoms with Crippen LogP contribution in [0.5, 0.6) is 0 Å². The van der Waals surface area contributed by atoms with Crippen LogP contribution in [0.15, 0.2) is 30.3 Å². The second-order valence-corrected chi connectivity index (χ2v) is 5.59. The number of benzene rings is 1. The molecular weight excluding hydrogens is 242 g/mol. The molecule has 0 bridgehead atoms. The van der Waals surface area contributed by atoms with Crippen LogP contribution in [0.4, 0.5) is 0 Å². The Kier molecular flexibility index (Phi) is 4.58. The van der Waals surface area contributed by atoms with Crippen molar-refractivity contribution in [2.75, 3.05) is 26.2 Å². The number of β-amino-alcohol motifs (C(OH)–C–C–N with tert-alkyl or cyclic N) is 1. The van der Waals surface area contributed by atoms with Gasteiger partial charge in [0, 0.05) is 19.6 Å². The van der Waals surface area contributed by atoms with Gasteiger partial charge in [-0.1, -0.05) is 30.3 Å². The van der Waals surface area contributed by atoms with Crippen LogP contribution >= 0.6 is 0 Å². The minimum Gasteiger partial charge on any atom is -0.394 e. The highest BCUT2D eigenvalue weighted by Gasteiger charge is 2.31. The average Bonchev–Trinajstić information content (AvgIpc) is 2.38. The van der Waals surface area contributed by atoms with Crippen LogP contribution in [-0.2, 0) is 10.3 Å². The van der Waals surface area contributed by atoms with Gasteiger partial charge >= 0.3 is 0 Å². The molecule has 19 heavy (non-hydrogen) atoms. The molecule has 1 aliphatic heterocycles. The van der Waals surface area contributed by atoms with Crippen LogP contribution in [0.2, 0.25) is 0 Å². The van der Waals surface area contributed by atoms with Crippen LogP contribution in [-0.4, -0.2) is 53.6 Å². The maximum absolute atomic E-state index is 10.6. The number of hydrogen-bond acceptors (Lipinski definition) is 4. The lowest BCUT2D eigenvalue weighted by molar-refractivity contribution is -0.111. The third-order valence-electron chi connectivity index (χ3n) is 3.53. The van der Waals surface area contributed by atoms with Gasteiger partial charge in [-0.3, -0.25) is 4.90 Å². The van der Waals surface area contributed by atoms with Gasteiger partial charge < -0.3 is 14.9 Å². The highest BCUT2D eigenvalue weighted by molar-refractivity contribution is 5.21. The van der Waals surface area contributed by atoms with Gasteiger partial charge in [0.2, 0.25) is 0 Å². The maximum atomic E-state index is 10.6. The van der Waals surface area contributed by atoms with E-state index in [1.807, 2.05) is 44.2 Å². The summed E-state index contributed by atoms with van der Waals surface area (Å²) in [4.78, 5) is 2.15. The normalized spacial score (nSPS) is 28.0. The first kappa shape index (κ1) is 14.5. The minimum absolute atomic E-state index is 0.0221. The second kappa shape index (κ2) is 6.01. The van der Waals surface area contributed by atoms with Crippen LogP contribution < -0.4 is 0 Å². The molecule has 0 aromatic heterocycles. The van der Waals surface area contributed by atoms with Gasteiger partial charge in [-0.05, 0) is 19.4 Å². The molecule has 1 fully saturated rings. The summed E-state index contributed by atoms with van der Waals surface area (Å²) >= 11 is 0. The molecular formula is C15H23NO3. The van der Waals surface area contributed by atoms with Gasteiger partial charge in [0.25, 0.3) is 0 Å². The third kappa shape index (κ3) is 3.76. The molecule has 106 valence electrons. The zero-order valence-electron chi connectivity index (χ0n) is 11.6. The van der Waals surface area contributed by atoms with Crippen molar-refractivity contribution in [3.05, 3.63) is 35.9 Å². The zero-order chi connectivity index (χ0) is 13.9. The molecule has 1 saturated heterocycles. The Labute approximate surface area is 114 Å². The van der Waals surface area contributed by atoms with E-state index in [0.29, 0.717) is 13.1 Å². The Morgan fingerprint density at radius 3 is 2.63 bits per heavy atom. The fourth-order valence-corrected chi connectivity index (χ4v) is 2.69. The van der Waals surface area contributed by atoms with Crippen molar-refractivity contribution in [1.29, 1.82) is 0 Å². The highest BCUT2D eigenvalue weighted by Crippen LogP contribution is 2.23. The van der Waals surface area contributed by atoms with Crippen LogP contribution in [0.3, 0.4) is 0 Å². The first-order valence-electron chi connectivity index (χ1n) is 6.78. The van der Waals surface area contributed by atoms with Gasteiger partial charge in [-0.25, -0.2) is 0 Å². The van der Waals surface area contributed by atoms with Gasteiger partial charge in [0.05, 0.1) is 24.4 Å². The van der Waals surface area contributed by atoms with Crippen molar-refractivity contribution < 1.29 is 14.9 Å². The largest absolute Gasteiger partial charge is 0.394 e. The molecule has 0 spiro atoms. The molecule has 4 nitrogen and oxygen atoms in total. The topological polar surface area (TPSA) is 52.9 Å². The smallest absolute Gasteiger partial charge is 0.0994 e. The predicted molar refractivity (Wildman–Crippen MR) is 73.9 cm³/mol. The van der Waals surface area contributed by atoms with E-state index < -0.39 is 5.60 Å². The molecule has 0 amide bonds. The number of aliphatic hydroxyl groups excluding tert-OH is 1. The Hall–Kier alpha value is -0.940. The summed E-state index contributed by atoms with van der Waals surface area (Å²) in [6, 6.07) is 9.68. The van der Waals surface area contributed by atoms with Crippen LogP contribution in [0, 0.1) is 0 Å². The quantitative estimate of drug-likeness (QED) is 0.852. The molecule has 1 heterocycles. The van der Waals surface area contributed by atoms with E-state index in [1.165, 1.54) is 0 Å². The number of morpholine rings is 1. The highest BCUT2D eigenvalue weighted by atomic mass is 16.5. The Morgan fingerprint density at radius 2 is 2.00 bits per heavy atom. The summed E-state index contributed by atoms with van der Waals surface area (Å²) in [5, 5.41) is 19.9. The summed E-state index contributed by atoms with van der Waals surface area (Å²) in [6.45, 7) is 5.82. The van der Waals surface area contributed by atoms with Gasteiger partial charge in [0.15, 0.2) is 0 Å². The summed E-state index contributed by atoms with van der Waals surface area (Å²) in [5.41, 5.74) is 0.0212. The van der Waals surface area contributed by atoms with Crippen molar-refractivity contribution in [1.82, 2.24) is 4.90 Å². The van der Waals surface area contributed by atoms with Gasteiger partial charge in [-0.2, -0.15) is 0 Å². The molecule has 3 unspecified atom stereocenters. The standard InChI is InChI=1S/C15H23NO3/c1-12-8-16(9-14(10-17)19-12)11-15(2,18)13-6-4-3-5-7-13/h3-7,12,14,17-18H,8-11H2,1-2H3. The van der Waals surface area contributed by atoms with E-state index in [4.69, 9.17) is 4.74 Å². The molecule has 1 aromatic carbocycles. The summed E-state index contributed by atoms with van der Waals surface area (Å²) in [6.07, 6.45) is -0.0761. The number of hydrogen-bond donors (Lipinski definition) is 2. The van der Waals surface area contributed by atoms with Crippen molar-refractivity contribution >= 4 is 0 Å². The zero-order valence-corrected chi connectivity index (χ0v) is 11.6. The number of nitrogens with zero attached hydrogens (tertiary/aromatic N) is 1. The Balaban J connectivity index is 2.03. The molecule has 2 N–H and O–H groups in total. The van der Waals surface area contributed by atoms with E-state index in [2.05, 4.69) is 4.90 Å². The Bertz CT molecular complexity index is 394. The lowest BCUT2D eigenvalue weighted by Gasteiger charge is -2.39. The molecule has 1 aliphatic rings. The SMILES string of the molecule is CC1CN(CC(C)(O)c2ccccc2)CC(CO)O1. The van der Waals surface area contributed by atoms with Crippen molar-refractivity contribution in [2.45, 2.75) is 31.7 Å². The molecule has 1 aromatic rings. The minimum atomic E-state index is -0.891.